The minimum Gasteiger partial charge on any atom is -0.372 e. The Labute approximate surface area is 108 Å². The Balaban J connectivity index is 1.80. The zero-order chi connectivity index (χ0) is 13.0. The summed E-state index contributed by atoms with van der Waals surface area (Å²) in [4.78, 5) is 14.0. The predicted octanol–water partition coefficient (Wildman–Crippen LogP) is 1.02. The maximum Gasteiger partial charge on any atom is 0.251 e. The molecule has 104 valence electrons. The lowest BCUT2D eigenvalue weighted by Gasteiger charge is -2.35. The molecular weight excluding hydrogens is 234 g/mol. The number of carbonyl (C=O) groups excluding carboxylic acids is 1. The first-order valence-corrected chi connectivity index (χ1v) is 6.81. The molecule has 0 aliphatic carbocycles. The fourth-order valence-electron chi connectivity index (χ4n) is 2.69. The topological polar surface area (TPSA) is 48.0 Å². The van der Waals surface area contributed by atoms with Crippen LogP contribution in [0.2, 0.25) is 0 Å². The van der Waals surface area contributed by atoms with Gasteiger partial charge in [0.15, 0.2) is 6.29 Å². The van der Waals surface area contributed by atoms with Crippen molar-refractivity contribution in [1.82, 2.24) is 4.90 Å². The molecule has 0 aromatic carbocycles. The maximum atomic E-state index is 12.1. The molecule has 0 spiro atoms. The van der Waals surface area contributed by atoms with E-state index in [0.29, 0.717) is 19.1 Å². The van der Waals surface area contributed by atoms with E-state index in [9.17, 15) is 4.79 Å². The van der Waals surface area contributed by atoms with Gasteiger partial charge in [0, 0.05) is 26.1 Å². The van der Waals surface area contributed by atoms with Crippen LogP contribution in [0.3, 0.4) is 0 Å². The van der Waals surface area contributed by atoms with E-state index in [1.54, 1.807) is 7.11 Å². The number of likely N-dealkylation sites (tertiary alicyclic amines) is 1. The van der Waals surface area contributed by atoms with Crippen molar-refractivity contribution in [3.05, 3.63) is 0 Å². The Morgan fingerprint density at radius 2 is 1.94 bits per heavy atom. The zero-order valence-electron chi connectivity index (χ0n) is 11.3. The molecule has 0 saturated carbocycles. The summed E-state index contributed by atoms with van der Waals surface area (Å²) in [7, 11) is 1.60. The fourth-order valence-corrected chi connectivity index (χ4v) is 2.69. The van der Waals surface area contributed by atoms with Gasteiger partial charge in [-0.1, -0.05) is 6.92 Å². The van der Waals surface area contributed by atoms with E-state index in [2.05, 4.69) is 0 Å². The summed E-state index contributed by atoms with van der Waals surface area (Å²) in [6.45, 7) is 4.94. The van der Waals surface area contributed by atoms with Crippen LogP contribution in [0.25, 0.3) is 0 Å². The summed E-state index contributed by atoms with van der Waals surface area (Å²) in [5.74, 6) is 0.547. The van der Waals surface area contributed by atoms with Crippen LogP contribution in [0.4, 0.5) is 0 Å². The van der Waals surface area contributed by atoms with Gasteiger partial charge in [-0.25, -0.2) is 0 Å². The number of piperidine rings is 1. The van der Waals surface area contributed by atoms with Crippen LogP contribution in [0.15, 0.2) is 0 Å². The highest BCUT2D eigenvalue weighted by Gasteiger charge is 2.33. The molecule has 2 aliphatic heterocycles. The smallest absolute Gasteiger partial charge is 0.251 e. The monoisotopic (exact) mass is 257 g/mol. The van der Waals surface area contributed by atoms with Gasteiger partial charge in [0.25, 0.3) is 5.91 Å². The number of methoxy groups -OCH3 is 1. The van der Waals surface area contributed by atoms with Crippen molar-refractivity contribution in [3.8, 4) is 0 Å². The molecule has 0 N–H and O–H groups in total. The minimum atomic E-state index is -0.291. The lowest BCUT2D eigenvalue weighted by atomic mass is 9.95. The first kappa shape index (κ1) is 13.8. The molecule has 1 amide bonds. The van der Waals surface area contributed by atoms with Crippen LogP contribution >= 0.6 is 0 Å². The van der Waals surface area contributed by atoms with Gasteiger partial charge in [-0.3, -0.25) is 4.79 Å². The Kier molecular flexibility index (Phi) is 4.97. The third-order valence-corrected chi connectivity index (χ3v) is 3.81. The van der Waals surface area contributed by atoms with Crippen molar-refractivity contribution >= 4 is 5.91 Å². The minimum absolute atomic E-state index is 0.0494. The van der Waals surface area contributed by atoms with Gasteiger partial charge in [-0.05, 0) is 19.3 Å². The standard InChI is InChI=1S/C13H23NO4/c1-3-11(16-2)12(15)14-6-4-10(5-7-14)13-17-8-9-18-13/h10-11,13H,3-9H2,1-2H3. The molecular formula is C13H23NO4. The molecule has 5 nitrogen and oxygen atoms in total. The van der Waals surface area contributed by atoms with Gasteiger partial charge in [0.2, 0.25) is 0 Å². The van der Waals surface area contributed by atoms with Gasteiger partial charge in [-0.15, -0.1) is 0 Å². The molecule has 0 aromatic rings. The van der Waals surface area contributed by atoms with Crippen molar-refractivity contribution in [3.63, 3.8) is 0 Å². The molecule has 1 atom stereocenters. The molecule has 2 rings (SSSR count). The fraction of sp³-hybridized carbons (Fsp3) is 0.923. The van der Waals surface area contributed by atoms with Gasteiger partial charge < -0.3 is 19.1 Å². The maximum absolute atomic E-state index is 12.1. The average molecular weight is 257 g/mol. The summed E-state index contributed by atoms with van der Waals surface area (Å²) in [5, 5.41) is 0. The number of rotatable bonds is 4. The molecule has 0 radical (unpaired) electrons. The molecule has 2 fully saturated rings. The summed E-state index contributed by atoms with van der Waals surface area (Å²) in [5.41, 5.74) is 0. The summed E-state index contributed by atoms with van der Waals surface area (Å²) < 4.78 is 16.3. The lowest BCUT2D eigenvalue weighted by Crippen LogP contribution is -2.46. The van der Waals surface area contributed by atoms with E-state index >= 15 is 0 Å². The molecule has 1 unspecified atom stereocenters. The second-order valence-electron chi connectivity index (χ2n) is 4.91. The first-order valence-electron chi connectivity index (χ1n) is 6.81. The number of hydrogen-bond acceptors (Lipinski definition) is 4. The van der Waals surface area contributed by atoms with Crippen molar-refractivity contribution in [2.75, 3.05) is 33.4 Å². The summed E-state index contributed by atoms with van der Waals surface area (Å²) in [6, 6.07) is 0. The van der Waals surface area contributed by atoms with Crippen molar-refractivity contribution in [2.24, 2.45) is 5.92 Å². The highest BCUT2D eigenvalue weighted by Crippen LogP contribution is 2.26. The van der Waals surface area contributed by atoms with Crippen molar-refractivity contribution in [1.29, 1.82) is 0 Å². The number of carbonyl (C=O) groups is 1. The highest BCUT2D eigenvalue weighted by molar-refractivity contribution is 5.80. The molecule has 5 heteroatoms. The molecule has 18 heavy (non-hydrogen) atoms. The molecule has 0 bridgehead atoms. The summed E-state index contributed by atoms with van der Waals surface area (Å²) in [6.07, 6.45) is 2.30. The van der Waals surface area contributed by atoms with E-state index in [0.717, 1.165) is 32.4 Å². The Bertz CT molecular complexity index is 266. The van der Waals surface area contributed by atoms with Crippen molar-refractivity contribution < 1.29 is 19.0 Å². The van der Waals surface area contributed by atoms with E-state index in [1.165, 1.54) is 0 Å². The van der Waals surface area contributed by atoms with Gasteiger partial charge >= 0.3 is 0 Å². The third kappa shape index (κ3) is 3.02. The van der Waals surface area contributed by atoms with E-state index in [4.69, 9.17) is 14.2 Å². The van der Waals surface area contributed by atoms with Crippen LogP contribution in [-0.2, 0) is 19.0 Å². The number of ether oxygens (including phenoxy) is 3. The van der Waals surface area contributed by atoms with Gasteiger partial charge in [-0.2, -0.15) is 0 Å². The van der Waals surface area contributed by atoms with Crippen LogP contribution < -0.4 is 0 Å². The van der Waals surface area contributed by atoms with Crippen LogP contribution in [-0.4, -0.2) is 56.6 Å². The number of nitrogens with zero attached hydrogens (tertiary/aromatic N) is 1. The molecule has 0 aromatic heterocycles. The second kappa shape index (κ2) is 6.50. The van der Waals surface area contributed by atoms with Crippen LogP contribution in [0, 0.1) is 5.92 Å². The van der Waals surface area contributed by atoms with Crippen molar-refractivity contribution in [2.45, 2.75) is 38.6 Å². The SMILES string of the molecule is CCC(OC)C(=O)N1CCC(C2OCCO2)CC1. The average Bonchev–Trinajstić information content (AvgIpc) is 2.94. The van der Waals surface area contributed by atoms with Gasteiger partial charge in [0.1, 0.15) is 6.10 Å². The lowest BCUT2D eigenvalue weighted by molar-refractivity contribution is -0.147. The molecule has 2 heterocycles. The quantitative estimate of drug-likeness (QED) is 0.754. The number of amides is 1. The molecule has 2 aliphatic rings. The third-order valence-electron chi connectivity index (χ3n) is 3.81. The Morgan fingerprint density at radius 1 is 1.33 bits per heavy atom. The largest absolute Gasteiger partial charge is 0.372 e. The molecule has 2 saturated heterocycles. The Hall–Kier alpha value is -0.650. The van der Waals surface area contributed by atoms with Gasteiger partial charge in [0.05, 0.1) is 13.2 Å². The second-order valence-corrected chi connectivity index (χ2v) is 4.91. The first-order chi connectivity index (χ1) is 8.76. The van der Waals surface area contributed by atoms with Crippen LogP contribution in [0.1, 0.15) is 26.2 Å². The van der Waals surface area contributed by atoms with E-state index in [1.807, 2.05) is 11.8 Å². The Morgan fingerprint density at radius 3 is 2.44 bits per heavy atom. The highest BCUT2D eigenvalue weighted by atomic mass is 16.7. The predicted molar refractivity (Wildman–Crippen MR) is 66.1 cm³/mol. The van der Waals surface area contributed by atoms with Crippen LogP contribution in [0.5, 0.6) is 0 Å². The van der Waals surface area contributed by atoms with E-state index < -0.39 is 0 Å². The number of hydrogen-bond donors (Lipinski definition) is 0. The summed E-state index contributed by atoms with van der Waals surface area (Å²) >= 11 is 0. The zero-order valence-corrected chi connectivity index (χ0v) is 11.3. The van der Waals surface area contributed by atoms with E-state index in [-0.39, 0.29) is 18.3 Å². The normalized spacial score (nSPS) is 24.4.